The molecule has 3 rings (SSSR count). The van der Waals surface area contributed by atoms with Gasteiger partial charge in [0.05, 0.1) is 0 Å². The minimum absolute atomic E-state index is 0.0297. The molecule has 2 aromatic heterocycles. The van der Waals surface area contributed by atoms with Crippen molar-refractivity contribution in [2.45, 2.75) is 26.3 Å². The first-order chi connectivity index (χ1) is 11.3. The molecule has 0 aliphatic carbocycles. The van der Waals surface area contributed by atoms with Crippen LogP contribution in [0.4, 0.5) is 0 Å². The van der Waals surface area contributed by atoms with Crippen LogP contribution in [0.25, 0.3) is 11.2 Å². The minimum Gasteiger partial charge on any atom is -0.341 e. The van der Waals surface area contributed by atoms with Crippen molar-refractivity contribution in [3.8, 4) is 0 Å². The third-order valence-corrected chi connectivity index (χ3v) is 5.02. The van der Waals surface area contributed by atoms with Gasteiger partial charge in [0.2, 0.25) is 11.2 Å². The van der Waals surface area contributed by atoms with E-state index in [1.54, 1.807) is 4.90 Å². The van der Waals surface area contributed by atoms with Crippen molar-refractivity contribution in [2.75, 3.05) is 13.1 Å². The molecule has 0 bridgehead atoms. The van der Waals surface area contributed by atoms with Crippen molar-refractivity contribution in [1.82, 2.24) is 23.6 Å². The second-order valence-corrected chi connectivity index (χ2v) is 6.75. The maximum atomic E-state index is 12.6. The number of aryl methyl sites for hydroxylation is 1. The van der Waals surface area contributed by atoms with Crippen LogP contribution in [-0.2, 0) is 25.4 Å². The summed E-state index contributed by atoms with van der Waals surface area (Å²) in [5, 5.41) is 0.0297. The average molecular weight is 354 g/mol. The van der Waals surface area contributed by atoms with E-state index in [0.29, 0.717) is 19.0 Å². The van der Waals surface area contributed by atoms with Gasteiger partial charge in [0.25, 0.3) is 5.56 Å². The van der Waals surface area contributed by atoms with Crippen molar-refractivity contribution < 1.29 is 4.79 Å². The van der Waals surface area contributed by atoms with Crippen LogP contribution in [0.5, 0.6) is 0 Å². The lowest BCUT2D eigenvalue weighted by Crippen LogP contribution is -2.41. The van der Waals surface area contributed by atoms with Gasteiger partial charge in [-0.1, -0.05) is 6.92 Å². The molecule has 1 fully saturated rings. The highest BCUT2D eigenvalue weighted by Gasteiger charge is 2.24. The molecule has 0 saturated carbocycles. The predicted octanol–water partition coefficient (Wildman–Crippen LogP) is 0.346. The number of fused-ring (bicyclic) bond motifs is 1. The van der Waals surface area contributed by atoms with Crippen LogP contribution in [0.2, 0.25) is 5.28 Å². The van der Waals surface area contributed by atoms with Gasteiger partial charge in [-0.3, -0.25) is 23.3 Å². The zero-order chi connectivity index (χ0) is 17.6. The number of amides is 1. The van der Waals surface area contributed by atoms with Crippen LogP contribution in [0, 0.1) is 5.92 Å². The molecule has 0 aromatic carbocycles. The van der Waals surface area contributed by atoms with Crippen LogP contribution >= 0.6 is 11.6 Å². The second-order valence-electron chi connectivity index (χ2n) is 6.41. The molecular weight excluding hydrogens is 334 g/mol. The summed E-state index contributed by atoms with van der Waals surface area (Å²) in [6.45, 7) is 3.53. The Labute approximate surface area is 143 Å². The number of nitrogens with zero attached hydrogens (tertiary/aromatic N) is 5. The first kappa shape index (κ1) is 16.8. The van der Waals surface area contributed by atoms with Crippen molar-refractivity contribution in [2.24, 2.45) is 20.0 Å². The highest BCUT2D eigenvalue weighted by Crippen LogP contribution is 2.19. The summed E-state index contributed by atoms with van der Waals surface area (Å²) < 4.78 is 3.63. The molecule has 3 heterocycles. The van der Waals surface area contributed by atoms with Crippen LogP contribution < -0.4 is 11.2 Å². The Morgan fingerprint density at radius 3 is 2.46 bits per heavy atom. The van der Waals surface area contributed by atoms with Crippen LogP contribution in [0.3, 0.4) is 0 Å². The number of halogens is 1. The minimum atomic E-state index is -0.507. The average Bonchev–Trinajstić information content (AvgIpc) is 2.88. The summed E-state index contributed by atoms with van der Waals surface area (Å²) in [7, 11) is 2.91. The fraction of sp³-hybridized carbons (Fsp3) is 0.600. The van der Waals surface area contributed by atoms with Crippen molar-refractivity contribution in [1.29, 1.82) is 0 Å². The summed E-state index contributed by atoms with van der Waals surface area (Å²) in [6, 6.07) is 0. The summed E-state index contributed by atoms with van der Waals surface area (Å²) in [6.07, 6.45) is 1.95. The third-order valence-electron chi connectivity index (χ3n) is 4.73. The fourth-order valence-electron chi connectivity index (χ4n) is 3.06. The highest BCUT2D eigenvalue weighted by molar-refractivity contribution is 6.29. The van der Waals surface area contributed by atoms with Gasteiger partial charge in [-0.25, -0.2) is 4.79 Å². The van der Waals surface area contributed by atoms with Crippen molar-refractivity contribution in [3.05, 3.63) is 26.1 Å². The summed E-state index contributed by atoms with van der Waals surface area (Å²) in [4.78, 5) is 42.9. The number of carbonyl (C=O) groups is 1. The number of rotatable bonds is 2. The van der Waals surface area contributed by atoms with E-state index in [9.17, 15) is 14.4 Å². The normalized spacial score (nSPS) is 16.1. The zero-order valence-corrected chi connectivity index (χ0v) is 14.7. The first-order valence-corrected chi connectivity index (χ1v) is 8.28. The van der Waals surface area contributed by atoms with Gasteiger partial charge in [0.1, 0.15) is 6.54 Å². The van der Waals surface area contributed by atoms with Crippen LogP contribution in [0.1, 0.15) is 19.8 Å². The van der Waals surface area contributed by atoms with Gasteiger partial charge in [0, 0.05) is 27.2 Å². The Morgan fingerprint density at radius 2 is 1.83 bits per heavy atom. The standard InChI is InChI=1S/C15H20ClN5O3/c1-9-4-6-20(7-5-9)10(22)8-21-11-12(17-14(21)16)18(2)15(24)19(3)13(11)23/h9H,4-8H2,1-3H3. The van der Waals surface area contributed by atoms with Gasteiger partial charge in [-0.15, -0.1) is 0 Å². The molecule has 2 aromatic rings. The van der Waals surface area contributed by atoms with E-state index >= 15 is 0 Å². The predicted molar refractivity (Wildman–Crippen MR) is 90.2 cm³/mol. The quantitative estimate of drug-likeness (QED) is 0.729. The lowest BCUT2D eigenvalue weighted by molar-refractivity contribution is -0.133. The lowest BCUT2D eigenvalue weighted by Gasteiger charge is -2.30. The molecule has 8 nitrogen and oxygen atoms in total. The van der Waals surface area contributed by atoms with Gasteiger partial charge < -0.3 is 4.90 Å². The lowest BCUT2D eigenvalue weighted by atomic mass is 9.99. The molecular formula is C15H20ClN5O3. The van der Waals surface area contributed by atoms with E-state index in [4.69, 9.17) is 11.6 Å². The molecule has 1 saturated heterocycles. The zero-order valence-electron chi connectivity index (χ0n) is 14.0. The van der Waals surface area contributed by atoms with E-state index in [2.05, 4.69) is 11.9 Å². The Kier molecular flexibility index (Phi) is 4.25. The maximum Gasteiger partial charge on any atom is 0.332 e. The molecule has 24 heavy (non-hydrogen) atoms. The first-order valence-electron chi connectivity index (χ1n) is 7.90. The summed E-state index contributed by atoms with van der Waals surface area (Å²) in [5.74, 6) is 0.521. The highest BCUT2D eigenvalue weighted by atomic mass is 35.5. The van der Waals surface area contributed by atoms with E-state index in [-0.39, 0.29) is 28.9 Å². The second kappa shape index (κ2) is 6.08. The van der Waals surface area contributed by atoms with Gasteiger partial charge in [-0.05, 0) is 30.4 Å². The largest absolute Gasteiger partial charge is 0.341 e. The topological polar surface area (TPSA) is 82.1 Å². The third kappa shape index (κ3) is 2.64. The fourth-order valence-corrected chi connectivity index (χ4v) is 3.28. The maximum absolute atomic E-state index is 12.6. The number of imidazole rings is 1. The molecule has 1 amide bonds. The van der Waals surface area contributed by atoms with E-state index in [1.165, 1.54) is 23.2 Å². The number of aromatic nitrogens is 4. The molecule has 130 valence electrons. The molecule has 9 heteroatoms. The molecule has 1 aliphatic heterocycles. The van der Waals surface area contributed by atoms with E-state index < -0.39 is 11.2 Å². The molecule has 0 atom stereocenters. The summed E-state index contributed by atoms with van der Waals surface area (Å²) in [5.41, 5.74) is -0.630. The van der Waals surface area contributed by atoms with Gasteiger partial charge in [-0.2, -0.15) is 4.98 Å². The van der Waals surface area contributed by atoms with E-state index in [0.717, 1.165) is 17.4 Å². The molecule has 1 aliphatic rings. The number of piperidine rings is 1. The van der Waals surface area contributed by atoms with Gasteiger partial charge >= 0.3 is 5.69 Å². The molecule has 0 spiro atoms. The number of hydrogen-bond donors (Lipinski definition) is 0. The Hall–Kier alpha value is -2.09. The van der Waals surface area contributed by atoms with Crippen LogP contribution in [0.15, 0.2) is 9.59 Å². The van der Waals surface area contributed by atoms with Gasteiger partial charge in [0.15, 0.2) is 11.2 Å². The smallest absolute Gasteiger partial charge is 0.332 e. The molecule has 0 N–H and O–H groups in total. The number of carbonyl (C=O) groups excluding carboxylic acids is 1. The Morgan fingerprint density at radius 1 is 1.21 bits per heavy atom. The molecule has 0 radical (unpaired) electrons. The number of hydrogen-bond acceptors (Lipinski definition) is 4. The Balaban J connectivity index is 2.01. The van der Waals surface area contributed by atoms with Crippen molar-refractivity contribution >= 4 is 28.7 Å². The van der Waals surface area contributed by atoms with Crippen LogP contribution in [-0.4, -0.2) is 42.6 Å². The monoisotopic (exact) mass is 353 g/mol. The summed E-state index contributed by atoms with van der Waals surface area (Å²) >= 11 is 6.14. The molecule has 0 unspecified atom stereocenters. The van der Waals surface area contributed by atoms with E-state index in [1.807, 2.05) is 0 Å². The van der Waals surface area contributed by atoms with Crippen molar-refractivity contribution in [3.63, 3.8) is 0 Å². The number of likely N-dealkylation sites (tertiary alicyclic amines) is 1. The SMILES string of the molecule is CC1CCN(C(=O)Cn2c(Cl)nc3c2c(=O)n(C)c(=O)n3C)CC1. The Bertz CT molecular complexity index is 918.